The van der Waals surface area contributed by atoms with E-state index in [2.05, 4.69) is 20.4 Å². The average Bonchev–Trinajstić information content (AvgIpc) is 3.64. The number of fused-ring (bicyclic) bond motifs is 1. The van der Waals surface area contributed by atoms with E-state index in [4.69, 9.17) is 14.2 Å². The number of rotatable bonds is 8. The van der Waals surface area contributed by atoms with Crippen LogP contribution in [0.2, 0.25) is 0 Å². The zero-order valence-corrected chi connectivity index (χ0v) is 23.1. The van der Waals surface area contributed by atoms with Gasteiger partial charge in [-0.05, 0) is 42.8 Å². The molecule has 3 aromatic carbocycles. The molecule has 0 radical (unpaired) electrons. The fourth-order valence-electron chi connectivity index (χ4n) is 4.95. The topological polar surface area (TPSA) is 135 Å². The van der Waals surface area contributed by atoms with Crippen LogP contribution in [0, 0.1) is 0 Å². The molecule has 6 rings (SSSR count). The Morgan fingerprint density at radius 2 is 1.35 bits per heavy atom. The number of ether oxygens (including phenoxy) is 3. The minimum absolute atomic E-state index is 0.250. The van der Waals surface area contributed by atoms with Crippen LogP contribution < -0.4 is 5.32 Å². The first-order chi connectivity index (χ1) is 21.0. The highest BCUT2D eigenvalue weighted by atomic mass is 16.6. The van der Waals surface area contributed by atoms with Gasteiger partial charge in [-0.25, -0.2) is 24.2 Å². The average molecular weight is 578 g/mol. The molecule has 216 valence electrons. The summed E-state index contributed by atoms with van der Waals surface area (Å²) in [4.78, 5) is 47.9. The van der Waals surface area contributed by atoms with Crippen molar-refractivity contribution in [2.75, 3.05) is 5.32 Å². The van der Waals surface area contributed by atoms with Crippen LogP contribution in [-0.4, -0.2) is 55.9 Å². The highest BCUT2D eigenvalue weighted by Crippen LogP contribution is 2.37. The van der Waals surface area contributed by atoms with Gasteiger partial charge in [0.1, 0.15) is 18.2 Å². The van der Waals surface area contributed by atoms with Crippen molar-refractivity contribution in [3.8, 4) is 0 Å². The number of anilines is 1. The van der Waals surface area contributed by atoms with Gasteiger partial charge in [0.25, 0.3) is 5.91 Å². The van der Waals surface area contributed by atoms with E-state index < -0.39 is 36.5 Å². The molecule has 3 heterocycles. The molecule has 11 nitrogen and oxygen atoms in total. The van der Waals surface area contributed by atoms with E-state index in [1.54, 1.807) is 84.9 Å². The van der Waals surface area contributed by atoms with Crippen LogP contribution in [0.5, 0.6) is 0 Å². The van der Waals surface area contributed by atoms with E-state index in [1.807, 2.05) is 13.0 Å². The Labute approximate surface area is 246 Å². The molecule has 1 unspecified atom stereocenters. The van der Waals surface area contributed by atoms with Crippen molar-refractivity contribution in [3.05, 3.63) is 120 Å². The summed E-state index contributed by atoms with van der Waals surface area (Å²) >= 11 is 0. The lowest BCUT2D eigenvalue weighted by Crippen LogP contribution is -2.39. The van der Waals surface area contributed by atoms with E-state index in [0.29, 0.717) is 34.1 Å². The fraction of sp³-hybridized carbons (Fsp3) is 0.188. The zero-order chi connectivity index (χ0) is 29.8. The maximum atomic E-state index is 13.3. The molecule has 1 saturated heterocycles. The number of amides is 1. The Balaban J connectivity index is 1.35. The number of nitrogens with one attached hydrogen (secondary N) is 1. The molecule has 5 aromatic rings. The van der Waals surface area contributed by atoms with Gasteiger partial charge in [-0.2, -0.15) is 5.10 Å². The molecule has 11 heteroatoms. The predicted octanol–water partition coefficient (Wildman–Crippen LogP) is 4.84. The van der Waals surface area contributed by atoms with Gasteiger partial charge < -0.3 is 19.5 Å². The third-order valence-corrected chi connectivity index (χ3v) is 7.09. The smallest absolute Gasteiger partial charge is 0.338 e. The van der Waals surface area contributed by atoms with Gasteiger partial charge in [-0.15, -0.1) is 0 Å². The quantitative estimate of drug-likeness (QED) is 0.257. The van der Waals surface area contributed by atoms with Gasteiger partial charge in [0.2, 0.25) is 0 Å². The number of hydrogen-bond acceptors (Lipinski definition) is 9. The molecule has 0 spiro atoms. The van der Waals surface area contributed by atoms with Crippen LogP contribution in [0.15, 0.2) is 104 Å². The summed E-state index contributed by atoms with van der Waals surface area (Å²) in [5.74, 6) is -1.29. The molecule has 2 aromatic heterocycles. The first-order valence-corrected chi connectivity index (χ1v) is 13.8. The number of nitrogens with zero attached hydrogens (tertiary/aromatic N) is 4. The summed E-state index contributed by atoms with van der Waals surface area (Å²) in [6, 6.07) is 25.8. The number of aromatic nitrogens is 4. The molecule has 1 aliphatic heterocycles. The largest absolute Gasteiger partial charge is 0.452 e. The summed E-state index contributed by atoms with van der Waals surface area (Å²) in [5, 5.41) is 7.74. The summed E-state index contributed by atoms with van der Waals surface area (Å²) in [5.41, 5.74) is 1.47. The lowest BCUT2D eigenvalue weighted by molar-refractivity contribution is -0.0542. The minimum atomic E-state index is -1.08. The minimum Gasteiger partial charge on any atom is -0.452 e. The van der Waals surface area contributed by atoms with Crippen LogP contribution in [0.4, 0.5) is 5.82 Å². The number of benzene rings is 3. The molecular weight excluding hydrogens is 550 g/mol. The molecule has 0 bridgehead atoms. The third kappa shape index (κ3) is 5.70. The van der Waals surface area contributed by atoms with Crippen LogP contribution in [0.25, 0.3) is 11.0 Å². The Kier molecular flexibility index (Phi) is 7.88. The predicted molar refractivity (Wildman–Crippen MR) is 155 cm³/mol. The number of esters is 2. The molecule has 4 atom stereocenters. The van der Waals surface area contributed by atoms with Crippen molar-refractivity contribution in [3.63, 3.8) is 0 Å². The Morgan fingerprint density at radius 1 is 0.791 bits per heavy atom. The van der Waals surface area contributed by atoms with Crippen molar-refractivity contribution >= 4 is 34.7 Å². The highest BCUT2D eigenvalue weighted by Gasteiger charge is 2.51. The van der Waals surface area contributed by atoms with E-state index in [0.717, 1.165) is 0 Å². The second-order valence-corrected chi connectivity index (χ2v) is 9.81. The zero-order valence-electron chi connectivity index (χ0n) is 23.1. The molecule has 1 N–H and O–H groups in total. The van der Waals surface area contributed by atoms with Gasteiger partial charge in [0, 0.05) is 5.56 Å². The van der Waals surface area contributed by atoms with Crippen LogP contribution in [0.1, 0.15) is 50.6 Å². The van der Waals surface area contributed by atoms with Gasteiger partial charge in [-0.3, -0.25) is 4.79 Å². The van der Waals surface area contributed by atoms with E-state index in [1.165, 1.54) is 17.2 Å². The Bertz CT molecular complexity index is 1750. The molecule has 1 aliphatic rings. The monoisotopic (exact) mass is 577 g/mol. The fourth-order valence-corrected chi connectivity index (χ4v) is 4.95. The van der Waals surface area contributed by atoms with Gasteiger partial charge >= 0.3 is 11.9 Å². The Morgan fingerprint density at radius 3 is 1.93 bits per heavy atom. The van der Waals surface area contributed by atoms with Crippen LogP contribution >= 0.6 is 0 Å². The van der Waals surface area contributed by atoms with Crippen molar-refractivity contribution < 1.29 is 28.6 Å². The molecule has 1 fully saturated rings. The maximum absolute atomic E-state index is 13.3. The SMILES string of the molecule is CC[C@H]1O[C@@H](n2ncc3c(NC(=O)c4ccccc4)ncnc32)C(OC(=O)c2ccccc2)[C@H]1OC(=O)c1ccccc1. The second kappa shape index (κ2) is 12.2. The third-order valence-electron chi connectivity index (χ3n) is 7.09. The van der Waals surface area contributed by atoms with Crippen molar-refractivity contribution in [1.29, 1.82) is 0 Å². The summed E-state index contributed by atoms with van der Waals surface area (Å²) in [7, 11) is 0. The normalized spacial score (nSPS) is 19.6. The second-order valence-electron chi connectivity index (χ2n) is 9.81. The summed E-state index contributed by atoms with van der Waals surface area (Å²) in [6.07, 6.45) is -0.402. The molecule has 0 aliphatic carbocycles. The van der Waals surface area contributed by atoms with Crippen molar-refractivity contribution in [1.82, 2.24) is 19.7 Å². The first kappa shape index (κ1) is 27.7. The van der Waals surface area contributed by atoms with Crippen LogP contribution in [0.3, 0.4) is 0 Å². The van der Waals surface area contributed by atoms with Crippen molar-refractivity contribution in [2.45, 2.75) is 37.9 Å². The number of hydrogen-bond donors (Lipinski definition) is 1. The molecule has 1 amide bonds. The molecular formula is C32H27N5O6. The lowest BCUT2D eigenvalue weighted by atomic mass is 10.1. The summed E-state index contributed by atoms with van der Waals surface area (Å²) < 4.78 is 19.8. The van der Waals surface area contributed by atoms with E-state index in [-0.39, 0.29) is 11.7 Å². The first-order valence-electron chi connectivity index (χ1n) is 13.8. The standard InChI is InChI=1S/C32H27N5O6/c1-2-24-25(42-31(39)21-14-8-4-9-15-21)26(43-32(40)22-16-10-5-11-17-22)30(41-24)37-28-23(18-35-37)27(33-19-34-28)36-29(38)20-12-6-3-7-13-20/h3-19,24-26,30H,2H2,1H3,(H,33,34,36,38)/t24-,25+,26?,30-/m1/s1. The van der Waals surface area contributed by atoms with E-state index in [9.17, 15) is 14.4 Å². The van der Waals surface area contributed by atoms with Gasteiger partial charge in [-0.1, -0.05) is 61.5 Å². The molecule has 0 saturated carbocycles. The Hall–Kier alpha value is -5.42. The van der Waals surface area contributed by atoms with E-state index >= 15 is 0 Å². The highest BCUT2D eigenvalue weighted by molar-refractivity contribution is 6.07. The van der Waals surface area contributed by atoms with Gasteiger partial charge in [0.15, 0.2) is 24.1 Å². The van der Waals surface area contributed by atoms with Crippen LogP contribution in [-0.2, 0) is 14.2 Å². The lowest BCUT2D eigenvalue weighted by Gasteiger charge is -2.24. The maximum Gasteiger partial charge on any atom is 0.338 e. The number of carbonyl (C=O) groups excluding carboxylic acids is 3. The van der Waals surface area contributed by atoms with Gasteiger partial charge in [0.05, 0.1) is 22.7 Å². The molecule has 43 heavy (non-hydrogen) atoms. The summed E-state index contributed by atoms with van der Waals surface area (Å²) in [6.45, 7) is 1.88. The number of carbonyl (C=O) groups is 3. The van der Waals surface area contributed by atoms with Crippen molar-refractivity contribution in [2.24, 2.45) is 0 Å².